The summed E-state index contributed by atoms with van der Waals surface area (Å²) < 4.78 is 27.5. The molecule has 0 spiro atoms. The van der Waals surface area contributed by atoms with Crippen molar-refractivity contribution >= 4 is 21.6 Å². The maximum Gasteiger partial charge on any atom is 0.242 e. The number of halogens is 1. The third-order valence-electron chi connectivity index (χ3n) is 4.22. The Labute approximate surface area is 132 Å². The van der Waals surface area contributed by atoms with Gasteiger partial charge in [-0.1, -0.05) is 37.4 Å². The first kappa shape index (κ1) is 16.7. The molecule has 0 amide bonds. The summed E-state index contributed by atoms with van der Waals surface area (Å²) in [5.41, 5.74) is 6.31. The molecule has 118 valence electrons. The normalized spacial score (nSPS) is 23.2. The molecule has 0 aromatic heterocycles. The molecule has 1 aromatic rings. The second kappa shape index (κ2) is 7.09. The van der Waals surface area contributed by atoms with Gasteiger partial charge in [0.25, 0.3) is 0 Å². The van der Waals surface area contributed by atoms with Crippen molar-refractivity contribution in [1.29, 1.82) is 0 Å². The zero-order valence-electron chi connectivity index (χ0n) is 12.3. The van der Waals surface area contributed by atoms with E-state index in [0.29, 0.717) is 19.0 Å². The zero-order chi connectivity index (χ0) is 15.5. The van der Waals surface area contributed by atoms with Gasteiger partial charge < -0.3 is 5.73 Å². The van der Waals surface area contributed by atoms with Gasteiger partial charge in [-0.15, -0.1) is 0 Å². The molecule has 2 rings (SSSR count). The van der Waals surface area contributed by atoms with E-state index in [1.54, 1.807) is 18.2 Å². The Bertz CT molecular complexity index is 581. The standard InChI is InChI=1S/C15H23ClN2O2S/c1-11-2-4-12(5-3-11)10-18-21(19,20)15-8-13(9-17)6-7-14(15)16/h6-8,11-12,18H,2-5,9-10,17H2,1H3. The molecule has 0 atom stereocenters. The highest BCUT2D eigenvalue weighted by molar-refractivity contribution is 7.89. The van der Waals surface area contributed by atoms with Gasteiger partial charge in [0.05, 0.1) is 5.02 Å². The van der Waals surface area contributed by atoms with Crippen LogP contribution in [0.2, 0.25) is 5.02 Å². The van der Waals surface area contributed by atoms with Crippen molar-refractivity contribution in [2.45, 2.75) is 44.0 Å². The Hall–Kier alpha value is -0.620. The first-order valence-corrected chi connectivity index (χ1v) is 9.26. The van der Waals surface area contributed by atoms with Gasteiger partial charge in [0.15, 0.2) is 0 Å². The number of benzene rings is 1. The van der Waals surface area contributed by atoms with Crippen LogP contribution in [0.15, 0.2) is 23.1 Å². The molecule has 6 heteroatoms. The lowest BCUT2D eigenvalue weighted by Gasteiger charge is -2.26. The van der Waals surface area contributed by atoms with Gasteiger partial charge in [0.2, 0.25) is 10.0 Å². The molecule has 1 fully saturated rings. The highest BCUT2D eigenvalue weighted by Gasteiger charge is 2.22. The van der Waals surface area contributed by atoms with E-state index in [4.69, 9.17) is 17.3 Å². The maximum absolute atomic E-state index is 12.4. The molecule has 1 aromatic carbocycles. The van der Waals surface area contributed by atoms with E-state index in [2.05, 4.69) is 11.6 Å². The fraction of sp³-hybridized carbons (Fsp3) is 0.600. The van der Waals surface area contributed by atoms with Crippen molar-refractivity contribution in [2.75, 3.05) is 6.54 Å². The number of nitrogens with two attached hydrogens (primary N) is 1. The molecule has 0 unspecified atom stereocenters. The van der Waals surface area contributed by atoms with E-state index in [1.165, 1.54) is 12.8 Å². The smallest absolute Gasteiger partial charge is 0.242 e. The van der Waals surface area contributed by atoms with Crippen LogP contribution in [0.5, 0.6) is 0 Å². The van der Waals surface area contributed by atoms with Gasteiger partial charge in [-0.2, -0.15) is 0 Å². The summed E-state index contributed by atoms with van der Waals surface area (Å²) in [6.45, 7) is 3.02. The molecular formula is C15H23ClN2O2S. The summed E-state index contributed by atoms with van der Waals surface area (Å²) in [4.78, 5) is 0.122. The van der Waals surface area contributed by atoms with Crippen molar-refractivity contribution in [3.05, 3.63) is 28.8 Å². The van der Waals surface area contributed by atoms with E-state index in [1.807, 2.05) is 0 Å². The van der Waals surface area contributed by atoms with Crippen LogP contribution in [-0.2, 0) is 16.6 Å². The molecule has 4 nitrogen and oxygen atoms in total. The van der Waals surface area contributed by atoms with Gasteiger partial charge >= 0.3 is 0 Å². The topological polar surface area (TPSA) is 72.2 Å². The summed E-state index contributed by atoms with van der Waals surface area (Å²) in [5.74, 6) is 1.18. The zero-order valence-corrected chi connectivity index (χ0v) is 13.9. The molecule has 0 saturated heterocycles. The minimum absolute atomic E-state index is 0.122. The number of hydrogen-bond acceptors (Lipinski definition) is 3. The molecule has 0 heterocycles. The first-order valence-electron chi connectivity index (χ1n) is 7.40. The van der Waals surface area contributed by atoms with Gasteiger partial charge in [0.1, 0.15) is 4.90 Å². The van der Waals surface area contributed by atoms with E-state index >= 15 is 0 Å². The minimum atomic E-state index is -3.57. The molecule has 0 bridgehead atoms. The Morgan fingerprint density at radius 2 is 1.95 bits per heavy atom. The average Bonchev–Trinajstić information content (AvgIpc) is 2.47. The second-order valence-corrected chi connectivity index (χ2v) is 8.09. The minimum Gasteiger partial charge on any atom is -0.326 e. The van der Waals surface area contributed by atoms with Crippen LogP contribution in [0.25, 0.3) is 0 Å². The number of nitrogens with one attached hydrogen (secondary N) is 1. The monoisotopic (exact) mass is 330 g/mol. The van der Waals surface area contributed by atoms with Gasteiger partial charge in [-0.3, -0.25) is 0 Å². The Kier molecular flexibility index (Phi) is 5.66. The molecule has 3 N–H and O–H groups in total. The average molecular weight is 331 g/mol. The third kappa shape index (κ3) is 4.42. The lowest BCUT2D eigenvalue weighted by molar-refractivity contribution is 0.290. The van der Waals surface area contributed by atoms with Crippen molar-refractivity contribution in [2.24, 2.45) is 17.6 Å². The Morgan fingerprint density at radius 3 is 2.57 bits per heavy atom. The van der Waals surface area contributed by atoms with Crippen molar-refractivity contribution in [3.63, 3.8) is 0 Å². The Balaban J connectivity index is 2.05. The molecular weight excluding hydrogens is 308 g/mol. The lowest BCUT2D eigenvalue weighted by Crippen LogP contribution is -2.31. The number of rotatable bonds is 5. The van der Waals surface area contributed by atoms with Crippen LogP contribution in [-0.4, -0.2) is 15.0 Å². The predicted molar refractivity (Wildman–Crippen MR) is 85.7 cm³/mol. The van der Waals surface area contributed by atoms with E-state index in [-0.39, 0.29) is 9.92 Å². The fourth-order valence-electron chi connectivity index (χ4n) is 2.72. The van der Waals surface area contributed by atoms with Crippen molar-refractivity contribution in [3.8, 4) is 0 Å². The second-order valence-electron chi connectivity index (χ2n) is 5.95. The van der Waals surface area contributed by atoms with Crippen molar-refractivity contribution < 1.29 is 8.42 Å². The Morgan fingerprint density at radius 1 is 1.29 bits per heavy atom. The quantitative estimate of drug-likeness (QED) is 0.872. The van der Waals surface area contributed by atoms with E-state index in [0.717, 1.165) is 24.3 Å². The third-order valence-corrected chi connectivity index (χ3v) is 6.12. The molecule has 0 radical (unpaired) electrons. The maximum atomic E-state index is 12.4. The molecule has 1 saturated carbocycles. The molecule has 1 aliphatic carbocycles. The van der Waals surface area contributed by atoms with Crippen LogP contribution in [0, 0.1) is 11.8 Å². The largest absolute Gasteiger partial charge is 0.326 e. The fourth-order valence-corrected chi connectivity index (χ4v) is 4.38. The van der Waals surface area contributed by atoms with Gasteiger partial charge in [-0.05, 0) is 42.4 Å². The van der Waals surface area contributed by atoms with Gasteiger partial charge in [0, 0.05) is 13.1 Å². The molecule has 1 aliphatic rings. The summed E-state index contributed by atoms with van der Waals surface area (Å²) in [6.07, 6.45) is 4.52. The van der Waals surface area contributed by atoms with Crippen LogP contribution in [0.3, 0.4) is 0 Å². The number of sulfonamides is 1. The van der Waals surface area contributed by atoms with Crippen LogP contribution in [0.1, 0.15) is 38.2 Å². The first-order chi connectivity index (χ1) is 9.92. The summed E-state index contributed by atoms with van der Waals surface area (Å²) in [7, 11) is -3.57. The van der Waals surface area contributed by atoms with E-state index in [9.17, 15) is 8.42 Å². The summed E-state index contributed by atoms with van der Waals surface area (Å²) in [5, 5.41) is 0.233. The summed E-state index contributed by atoms with van der Waals surface area (Å²) in [6, 6.07) is 4.87. The molecule has 0 aliphatic heterocycles. The predicted octanol–water partition coefficient (Wildman–Crippen LogP) is 2.90. The van der Waals surface area contributed by atoms with E-state index < -0.39 is 10.0 Å². The lowest BCUT2D eigenvalue weighted by atomic mass is 9.83. The van der Waals surface area contributed by atoms with Crippen LogP contribution < -0.4 is 10.5 Å². The van der Waals surface area contributed by atoms with Gasteiger partial charge in [-0.25, -0.2) is 13.1 Å². The molecule has 21 heavy (non-hydrogen) atoms. The number of hydrogen-bond donors (Lipinski definition) is 2. The van der Waals surface area contributed by atoms with Crippen molar-refractivity contribution in [1.82, 2.24) is 4.72 Å². The SMILES string of the molecule is CC1CCC(CNS(=O)(=O)c2cc(CN)ccc2Cl)CC1. The van der Waals surface area contributed by atoms with Crippen LogP contribution >= 0.6 is 11.6 Å². The summed E-state index contributed by atoms with van der Waals surface area (Å²) >= 11 is 6.02. The van der Waals surface area contributed by atoms with Crippen LogP contribution in [0.4, 0.5) is 0 Å². The highest BCUT2D eigenvalue weighted by Crippen LogP contribution is 2.28. The highest BCUT2D eigenvalue weighted by atomic mass is 35.5.